The molecule has 1 aliphatic heterocycles. The van der Waals surface area contributed by atoms with Crippen LogP contribution in [-0.4, -0.2) is 51.5 Å². The Morgan fingerprint density at radius 3 is 3.00 bits per heavy atom. The van der Waals surface area contributed by atoms with Gasteiger partial charge in [0.25, 0.3) is 0 Å². The zero-order valence-electron chi connectivity index (χ0n) is 12.6. The van der Waals surface area contributed by atoms with Gasteiger partial charge < -0.3 is 10.2 Å². The molecule has 1 N–H and O–H groups in total. The minimum absolute atomic E-state index is 0.0144. The van der Waals surface area contributed by atoms with Crippen LogP contribution in [0.4, 0.5) is 0 Å². The molecule has 1 atom stereocenters. The van der Waals surface area contributed by atoms with Crippen molar-refractivity contribution in [2.24, 2.45) is 5.92 Å². The van der Waals surface area contributed by atoms with Crippen LogP contribution in [0.15, 0.2) is 24.3 Å². The first-order chi connectivity index (χ1) is 10.8. The van der Waals surface area contributed by atoms with Gasteiger partial charge >= 0.3 is 0 Å². The maximum absolute atomic E-state index is 12.1. The van der Waals surface area contributed by atoms with E-state index in [0.29, 0.717) is 5.92 Å². The maximum Gasteiger partial charge on any atom is 0.241 e. The van der Waals surface area contributed by atoms with Gasteiger partial charge in [-0.05, 0) is 43.9 Å². The summed E-state index contributed by atoms with van der Waals surface area (Å²) in [6.45, 7) is 3.34. The highest BCUT2D eigenvalue weighted by Gasteiger charge is 2.34. The smallest absolute Gasteiger partial charge is 0.241 e. The first kappa shape index (κ1) is 13.7. The lowest BCUT2D eigenvalue weighted by atomic mass is 10.1. The summed E-state index contributed by atoms with van der Waals surface area (Å²) in [5, 5.41) is 11.2. The molecule has 1 amide bonds. The fourth-order valence-electron chi connectivity index (χ4n) is 3.28. The fraction of sp³-hybridized carbons (Fsp3) is 0.562. The lowest BCUT2D eigenvalue weighted by Gasteiger charge is -2.15. The molecule has 1 aromatic carbocycles. The molecule has 4 rings (SSSR count). The Hall–Kier alpha value is -1.95. The first-order valence-electron chi connectivity index (χ1n) is 8.08. The summed E-state index contributed by atoms with van der Waals surface area (Å²) in [7, 11) is 0. The molecule has 0 unspecified atom stereocenters. The van der Waals surface area contributed by atoms with Gasteiger partial charge in [-0.3, -0.25) is 4.79 Å². The molecule has 0 bridgehead atoms. The normalized spacial score (nSPS) is 22.3. The Balaban J connectivity index is 1.29. The third-order valence-electron chi connectivity index (χ3n) is 4.68. The molecule has 1 aromatic heterocycles. The summed E-state index contributed by atoms with van der Waals surface area (Å²) in [6.07, 6.45) is 3.92. The molecule has 2 fully saturated rings. The van der Waals surface area contributed by atoms with Crippen LogP contribution in [0.3, 0.4) is 0 Å². The summed E-state index contributed by atoms with van der Waals surface area (Å²) >= 11 is 0. The molecule has 6 heteroatoms. The van der Waals surface area contributed by atoms with Crippen molar-refractivity contribution in [3.63, 3.8) is 0 Å². The van der Waals surface area contributed by atoms with Crippen molar-refractivity contribution in [1.82, 2.24) is 25.2 Å². The third-order valence-corrected chi connectivity index (χ3v) is 4.68. The standard InChI is InChI=1S/C16H21N5O/c22-16(11-21-15-4-2-1-3-14(15)18-19-21)17-9-12-7-8-20(10-12)13-5-6-13/h1-4,12-13H,5-11H2,(H,17,22)/t12-/m0/s1. The molecule has 0 radical (unpaired) electrons. The van der Waals surface area contributed by atoms with Crippen molar-refractivity contribution in [3.05, 3.63) is 24.3 Å². The number of nitrogens with zero attached hydrogens (tertiary/aromatic N) is 4. The number of carbonyl (C=O) groups is 1. The van der Waals surface area contributed by atoms with Crippen LogP contribution in [0.1, 0.15) is 19.3 Å². The predicted octanol–water partition coefficient (Wildman–Crippen LogP) is 1.03. The van der Waals surface area contributed by atoms with E-state index < -0.39 is 0 Å². The molecule has 1 saturated carbocycles. The third kappa shape index (κ3) is 2.83. The van der Waals surface area contributed by atoms with E-state index >= 15 is 0 Å². The van der Waals surface area contributed by atoms with Crippen LogP contribution < -0.4 is 5.32 Å². The van der Waals surface area contributed by atoms with E-state index in [9.17, 15) is 4.79 Å². The number of rotatable bonds is 5. The zero-order chi connectivity index (χ0) is 14.9. The second-order valence-electron chi connectivity index (χ2n) is 6.42. The van der Waals surface area contributed by atoms with Crippen LogP contribution in [0.2, 0.25) is 0 Å². The molecular weight excluding hydrogens is 278 g/mol. The van der Waals surface area contributed by atoms with Crippen LogP contribution in [0.25, 0.3) is 11.0 Å². The van der Waals surface area contributed by atoms with E-state index in [1.165, 1.54) is 25.8 Å². The van der Waals surface area contributed by atoms with Gasteiger partial charge in [-0.1, -0.05) is 17.3 Å². The second kappa shape index (κ2) is 5.68. The Morgan fingerprint density at radius 2 is 2.14 bits per heavy atom. The Kier molecular flexibility index (Phi) is 3.54. The highest BCUT2D eigenvalue weighted by molar-refractivity contribution is 5.79. The summed E-state index contributed by atoms with van der Waals surface area (Å²) < 4.78 is 1.66. The quantitative estimate of drug-likeness (QED) is 0.896. The number of nitrogens with one attached hydrogen (secondary N) is 1. The van der Waals surface area contributed by atoms with Crippen molar-refractivity contribution < 1.29 is 4.79 Å². The van der Waals surface area contributed by atoms with Crippen molar-refractivity contribution in [2.75, 3.05) is 19.6 Å². The Morgan fingerprint density at radius 1 is 1.27 bits per heavy atom. The minimum atomic E-state index is 0.0144. The molecule has 22 heavy (non-hydrogen) atoms. The van der Waals surface area contributed by atoms with Gasteiger partial charge in [0.1, 0.15) is 12.1 Å². The van der Waals surface area contributed by atoms with Crippen LogP contribution in [0.5, 0.6) is 0 Å². The first-order valence-corrected chi connectivity index (χ1v) is 8.08. The molecule has 2 aliphatic rings. The largest absolute Gasteiger partial charge is 0.354 e. The topological polar surface area (TPSA) is 63.1 Å². The second-order valence-corrected chi connectivity index (χ2v) is 6.42. The van der Waals surface area contributed by atoms with E-state index in [-0.39, 0.29) is 12.5 Å². The molecule has 6 nitrogen and oxygen atoms in total. The maximum atomic E-state index is 12.1. The van der Waals surface area contributed by atoms with E-state index in [1.807, 2.05) is 24.3 Å². The number of likely N-dealkylation sites (tertiary alicyclic amines) is 1. The lowest BCUT2D eigenvalue weighted by molar-refractivity contribution is -0.121. The number of hydrogen-bond acceptors (Lipinski definition) is 4. The number of carbonyl (C=O) groups excluding carboxylic acids is 1. The van der Waals surface area contributed by atoms with Crippen LogP contribution in [0, 0.1) is 5.92 Å². The van der Waals surface area contributed by atoms with E-state index in [2.05, 4.69) is 20.5 Å². The van der Waals surface area contributed by atoms with Crippen molar-refractivity contribution in [2.45, 2.75) is 31.8 Å². The SMILES string of the molecule is O=C(Cn1nnc2ccccc21)NC[C@@H]1CCN(C2CC2)C1. The van der Waals surface area contributed by atoms with Gasteiger partial charge in [-0.25, -0.2) is 4.68 Å². The summed E-state index contributed by atoms with van der Waals surface area (Å²) in [6, 6.07) is 8.54. The lowest BCUT2D eigenvalue weighted by Crippen LogP contribution is -2.33. The van der Waals surface area contributed by atoms with E-state index in [0.717, 1.165) is 30.2 Å². The van der Waals surface area contributed by atoms with Gasteiger partial charge in [-0.2, -0.15) is 0 Å². The Bertz CT molecular complexity index is 678. The number of amides is 1. The monoisotopic (exact) mass is 299 g/mol. The van der Waals surface area contributed by atoms with Crippen LogP contribution in [-0.2, 0) is 11.3 Å². The summed E-state index contributed by atoms with van der Waals surface area (Å²) in [5.41, 5.74) is 1.73. The van der Waals surface area contributed by atoms with Gasteiger partial charge in [0, 0.05) is 19.1 Å². The average molecular weight is 299 g/mol. The number of para-hydroxylation sites is 1. The predicted molar refractivity (Wildman–Crippen MR) is 83.2 cm³/mol. The van der Waals surface area contributed by atoms with E-state index in [4.69, 9.17) is 0 Å². The van der Waals surface area contributed by atoms with Gasteiger partial charge in [0.15, 0.2) is 0 Å². The fourth-order valence-corrected chi connectivity index (χ4v) is 3.28. The number of hydrogen-bond donors (Lipinski definition) is 1. The summed E-state index contributed by atoms with van der Waals surface area (Å²) in [4.78, 5) is 14.7. The molecule has 1 saturated heterocycles. The number of aromatic nitrogens is 3. The van der Waals surface area contributed by atoms with Gasteiger partial charge in [0.05, 0.1) is 5.52 Å². The molecule has 0 spiro atoms. The zero-order valence-corrected chi connectivity index (χ0v) is 12.6. The Labute approximate surface area is 129 Å². The number of benzene rings is 1. The van der Waals surface area contributed by atoms with Crippen LogP contribution >= 0.6 is 0 Å². The molecule has 1 aliphatic carbocycles. The molecule has 116 valence electrons. The van der Waals surface area contributed by atoms with E-state index in [1.54, 1.807) is 4.68 Å². The highest BCUT2D eigenvalue weighted by atomic mass is 16.2. The molecule has 2 heterocycles. The van der Waals surface area contributed by atoms with Gasteiger partial charge in [-0.15, -0.1) is 5.10 Å². The highest BCUT2D eigenvalue weighted by Crippen LogP contribution is 2.31. The average Bonchev–Trinajstić information content (AvgIpc) is 3.15. The molecular formula is C16H21N5O. The van der Waals surface area contributed by atoms with Gasteiger partial charge in [0.2, 0.25) is 5.91 Å². The van der Waals surface area contributed by atoms with Crippen molar-refractivity contribution >= 4 is 16.9 Å². The minimum Gasteiger partial charge on any atom is -0.354 e. The number of fused-ring (bicyclic) bond motifs is 1. The summed E-state index contributed by atoms with van der Waals surface area (Å²) in [5.74, 6) is 0.609. The molecule has 2 aromatic rings. The van der Waals surface area contributed by atoms with Crippen molar-refractivity contribution in [3.8, 4) is 0 Å². The van der Waals surface area contributed by atoms with Crippen molar-refractivity contribution in [1.29, 1.82) is 0 Å².